The van der Waals surface area contributed by atoms with Gasteiger partial charge in [0.15, 0.2) is 0 Å². The predicted molar refractivity (Wildman–Crippen MR) is 77.9 cm³/mol. The maximum atomic E-state index is 3.83. The minimum atomic E-state index is 0.964. The minimum Gasteiger partial charge on any atom is -0.304 e. The molecular weight excluding hydrogens is 222 g/mol. The molecule has 0 atom stereocenters. The summed E-state index contributed by atoms with van der Waals surface area (Å²) in [6, 6.07) is 0. The van der Waals surface area contributed by atoms with Crippen LogP contribution in [0.1, 0.15) is 19.3 Å². The van der Waals surface area contributed by atoms with Crippen molar-refractivity contribution < 1.29 is 0 Å². The Labute approximate surface area is 112 Å². The maximum absolute atomic E-state index is 3.83. The van der Waals surface area contributed by atoms with E-state index in [1.807, 2.05) is 6.08 Å². The topological polar surface area (TPSA) is 9.72 Å². The summed E-state index contributed by atoms with van der Waals surface area (Å²) in [7, 11) is 2.23. The van der Waals surface area contributed by atoms with Gasteiger partial charge in [-0.05, 0) is 51.9 Å². The number of piperidine rings is 1. The van der Waals surface area contributed by atoms with Gasteiger partial charge < -0.3 is 9.80 Å². The number of piperazine rings is 1. The molecule has 0 unspecified atom stereocenters. The van der Waals surface area contributed by atoms with Crippen LogP contribution in [-0.2, 0) is 0 Å². The van der Waals surface area contributed by atoms with Crippen LogP contribution in [0.4, 0.5) is 0 Å². The first-order chi connectivity index (χ1) is 8.78. The zero-order chi connectivity index (χ0) is 12.8. The highest BCUT2D eigenvalue weighted by atomic mass is 15.2. The molecular formula is C15H29N3. The van der Waals surface area contributed by atoms with Gasteiger partial charge in [0.05, 0.1) is 0 Å². The van der Waals surface area contributed by atoms with Crippen LogP contribution in [0.25, 0.3) is 0 Å². The van der Waals surface area contributed by atoms with E-state index < -0.39 is 0 Å². The molecule has 0 aromatic rings. The van der Waals surface area contributed by atoms with Crippen LogP contribution in [0.3, 0.4) is 0 Å². The van der Waals surface area contributed by atoms with Gasteiger partial charge in [0, 0.05) is 32.7 Å². The Hall–Kier alpha value is -0.380. The molecule has 0 aromatic carbocycles. The van der Waals surface area contributed by atoms with E-state index in [9.17, 15) is 0 Å². The van der Waals surface area contributed by atoms with Crippen LogP contribution in [-0.4, -0.2) is 74.1 Å². The molecule has 0 spiro atoms. The fraction of sp³-hybridized carbons (Fsp3) is 0.867. The monoisotopic (exact) mass is 251 g/mol. The highest BCUT2D eigenvalue weighted by molar-refractivity contribution is 4.79. The molecule has 0 amide bonds. The molecule has 2 heterocycles. The van der Waals surface area contributed by atoms with Crippen LogP contribution in [0.2, 0.25) is 0 Å². The van der Waals surface area contributed by atoms with Gasteiger partial charge in [0.1, 0.15) is 0 Å². The van der Waals surface area contributed by atoms with Crippen molar-refractivity contribution in [2.75, 3.05) is 59.4 Å². The molecule has 3 nitrogen and oxygen atoms in total. The van der Waals surface area contributed by atoms with E-state index in [1.54, 1.807) is 0 Å². The van der Waals surface area contributed by atoms with Gasteiger partial charge >= 0.3 is 0 Å². The SMILES string of the molecule is C=CCN1CCC(CCN2CCN(C)CC2)CC1. The fourth-order valence-corrected chi connectivity index (χ4v) is 3.08. The second-order valence-electron chi connectivity index (χ2n) is 5.97. The zero-order valence-corrected chi connectivity index (χ0v) is 12.0. The third-order valence-corrected chi connectivity index (χ3v) is 4.54. The summed E-state index contributed by atoms with van der Waals surface area (Å²) in [6.45, 7) is 13.8. The van der Waals surface area contributed by atoms with Gasteiger partial charge in [-0.2, -0.15) is 0 Å². The summed E-state index contributed by atoms with van der Waals surface area (Å²) in [4.78, 5) is 7.61. The van der Waals surface area contributed by atoms with Gasteiger partial charge in [0.25, 0.3) is 0 Å². The van der Waals surface area contributed by atoms with Crippen molar-refractivity contribution in [1.29, 1.82) is 0 Å². The van der Waals surface area contributed by atoms with Crippen molar-refractivity contribution in [3.63, 3.8) is 0 Å². The number of likely N-dealkylation sites (tertiary alicyclic amines) is 1. The first-order valence-electron chi connectivity index (χ1n) is 7.52. The van der Waals surface area contributed by atoms with Crippen molar-refractivity contribution in [2.24, 2.45) is 5.92 Å². The summed E-state index contributed by atoms with van der Waals surface area (Å²) in [6.07, 6.45) is 6.22. The highest BCUT2D eigenvalue weighted by Gasteiger charge is 2.20. The fourth-order valence-electron chi connectivity index (χ4n) is 3.08. The lowest BCUT2D eigenvalue weighted by Gasteiger charge is -2.35. The van der Waals surface area contributed by atoms with E-state index in [1.165, 1.54) is 65.1 Å². The van der Waals surface area contributed by atoms with Crippen molar-refractivity contribution in [1.82, 2.24) is 14.7 Å². The smallest absolute Gasteiger partial charge is 0.0160 e. The molecule has 0 bridgehead atoms. The Morgan fingerprint density at radius 2 is 1.67 bits per heavy atom. The quantitative estimate of drug-likeness (QED) is 0.686. The number of likely N-dealkylation sites (N-methyl/N-ethyl adjacent to an activating group) is 1. The second kappa shape index (κ2) is 7.27. The molecule has 104 valence electrons. The summed E-state index contributed by atoms with van der Waals surface area (Å²) in [5, 5.41) is 0. The van der Waals surface area contributed by atoms with E-state index in [4.69, 9.17) is 0 Å². The zero-order valence-electron chi connectivity index (χ0n) is 12.0. The van der Waals surface area contributed by atoms with Gasteiger partial charge in [0.2, 0.25) is 0 Å². The van der Waals surface area contributed by atoms with Gasteiger partial charge in [-0.1, -0.05) is 6.08 Å². The lowest BCUT2D eigenvalue weighted by molar-refractivity contribution is 0.132. The molecule has 0 aliphatic carbocycles. The molecule has 0 N–H and O–H groups in total. The predicted octanol–water partition coefficient (Wildman–Crippen LogP) is 1.52. The van der Waals surface area contributed by atoms with Crippen LogP contribution in [0, 0.1) is 5.92 Å². The standard InChI is InChI=1S/C15H29N3/c1-3-7-17-8-4-15(5-9-17)6-10-18-13-11-16(2)12-14-18/h3,15H,1,4-14H2,2H3. The van der Waals surface area contributed by atoms with E-state index in [0.29, 0.717) is 0 Å². The van der Waals surface area contributed by atoms with E-state index in [2.05, 4.69) is 28.3 Å². The van der Waals surface area contributed by atoms with Gasteiger partial charge in [-0.3, -0.25) is 4.90 Å². The van der Waals surface area contributed by atoms with Crippen LogP contribution in [0.15, 0.2) is 12.7 Å². The number of nitrogens with zero attached hydrogens (tertiary/aromatic N) is 3. The van der Waals surface area contributed by atoms with E-state index in [-0.39, 0.29) is 0 Å². The highest BCUT2D eigenvalue weighted by Crippen LogP contribution is 2.20. The Morgan fingerprint density at radius 3 is 2.28 bits per heavy atom. The maximum Gasteiger partial charge on any atom is 0.0160 e. The van der Waals surface area contributed by atoms with Crippen molar-refractivity contribution in [3.05, 3.63) is 12.7 Å². The molecule has 2 fully saturated rings. The van der Waals surface area contributed by atoms with Crippen LogP contribution >= 0.6 is 0 Å². The average Bonchev–Trinajstić information content (AvgIpc) is 2.40. The molecule has 2 aliphatic heterocycles. The van der Waals surface area contributed by atoms with Crippen LogP contribution in [0.5, 0.6) is 0 Å². The third kappa shape index (κ3) is 4.38. The molecule has 2 aliphatic rings. The largest absolute Gasteiger partial charge is 0.304 e. The molecule has 18 heavy (non-hydrogen) atoms. The van der Waals surface area contributed by atoms with Gasteiger partial charge in [-0.25, -0.2) is 0 Å². The summed E-state index contributed by atoms with van der Waals surface area (Å²) >= 11 is 0. The number of hydrogen-bond acceptors (Lipinski definition) is 3. The molecule has 2 saturated heterocycles. The summed E-state index contributed by atoms with van der Waals surface area (Å²) in [5.74, 6) is 0.964. The average molecular weight is 251 g/mol. The first-order valence-corrected chi connectivity index (χ1v) is 7.52. The van der Waals surface area contributed by atoms with E-state index >= 15 is 0 Å². The molecule has 3 heteroatoms. The number of rotatable bonds is 5. The van der Waals surface area contributed by atoms with Crippen LogP contribution < -0.4 is 0 Å². The number of hydrogen-bond donors (Lipinski definition) is 0. The van der Waals surface area contributed by atoms with Crippen molar-refractivity contribution in [2.45, 2.75) is 19.3 Å². The summed E-state index contributed by atoms with van der Waals surface area (Å²) < 4.78 is 0. The minimum absolute atomic E-state index is 0.964. The third-order valence-electron chi connectivity index (χ3n) is 4.54. The van der Waals surface area contributed by atoms with Crippen molar-refractivity contribution in [3.8, 4) is 0 Å². The van der Waals surface area contributed by atoms with E-state index in [0.717, 1.165) is 12.5 Å². The lowest BCUT2D eigenvalue weighted by atomic mass is 9.93. The molecule has 0 saturated carbocycles. The molecule has 2 rings (SSSR count). The summed E-state index contributed by atoms with van der Waals surface area (Å²) in [5.41, 5.74) is 0. The Morgan fingerprint density at radius 1 is 1.00 bits per heavy atom. The van der Waals surface area contributed by atoms with Gasteiger partial charge in [-0.15, -0.1) is 6.58 Å². The van der Waals surface area contributed by atoms with Crippen molar-refractivity contribution >= 4 is 0 Å². The second-order valence-corrected chi connectivity index (χ2v) is 5.97. The Balaban J connectivity index is 1.59. The Bertz CT molecular complexity index is 238. The molecule has 0 aromatic heterocycles. The molecule has 0 radical (unpaired) electrons. The lowest BCUT2D eigenvalue weighted by Crippen LogP contribution is -2.45. The Kier molecular flexibility index (Phi) is 5.67. The first kappa shape index (κ1) is 14.0. The normalized spacial score (nSPS) is 25.4.